The summed E-state index contributed by atoms with van der Waals surface area (Å²) in [5.74, 6) is -0.307. The fraction of sp³-hybridized carbons (Fsp3) is 0.889. The summed E-state index contributed by atoms with van der Waals surface area (Å²) in [4.78, 5) is 11.2. The molecule has 0 bridgehead atoms. The van der Waals surface area contributed by atoms with Crippen LogP contribution < -0.4 is 5.32 Å². The van der Waals surface area contributed by atoms with Crippen LogP contribution in [0.3, 0.4) is 0 Å². The van der Waals surface area contributed by atoms with Gasteiger partial charge in [0.15, 0.2) is 0 Å². The molecule has 0 aromatic carbocycles. The zero-order valence-electron chi connectivity index (χ0n) is 8.91. The maximum atomic E-state index is 11.2. The van der Waals surface area contributed by atoms with Crippen molar-refractivity contribution in [2.45, 2.75) is 42.3 Å². The molecule has 5 N–H and O–H groups in total. The average molecular weight is 253 g/mol. The third-order valence-electron chi connectivity index (χ3n) is 2.55. The molecule has 1 fully saturated rings. The van der Waals surface area contributed by atoms with E-state index in [9.17, 15) is 20.1 Å². The Morgan fingerprint density at radius 2 is 2.00 bits per heavy atom. The summed E-state index contributed by atoms with van der Waals surface area (Å²) >= 11 is 0.940. The summed E-state index contributed by atoms with van der Waals surface area (Å²) in [5, 5.41) is 39.7. The van der Waals surface area contributed by atoms with Gasteiger partial charge in [-0.2, -0.15) is 0 Å². The van der Waals surface area contributed by atoms with Crippen molar-refractivity contribution in [2.75, 3.05) is 6.61 Å². The van der Waals surface area contributed by atoms with Crippen LogP contribution in [-0.4, -0.2) is 61.9 Å². The van der Waals surface area contributed by atoms with Crippen molar-refractivity contribution in [1.82, 2.24) is 5.32 Å². The maximum Gasteiger partial charge on any atom is 0.220 e. The smallest absolute Gasteiger partial charge is 0.220 e. The molecule has 5 atom stereocenters. The summed E-state index contributed by atoms with van der Waals surface area (Å²) in [6.07, 6.45) is -2.20. The lowest BCUT2D eigenvalue weighted by Gasteiger charge is -2.39. The summed E-state index contributed by atoms with van der Waals surface area (Å²) in [5.41, 5.74) is -1.04. The first-order valence-corrected chi connectivity index (χ1v) is 6.05. The molecule has 1 rings (SSSR count). The van der Waals surface area contributed by atoms with Crippen molar-refractivity contribution < 1.29 is 26.6 Å². The minimum absolute atomic E-state index is 0. The topological polar surface area (TPSA) is 110 Å². The first-order valence-electron chi connectivity index (χ1n) is 5.11. The molecule has 16 heavy (non-hydrogen) atoms. The molecular formula is C9H19NO5S. The van der Waals surface area contributed by atoms with E-state index in [1.807, 2.05) is 0 Å². The summed E-state index contributed by atoms with van der Waals surface area (Å²) in [7, 11) is 0. The molecule has 7 heteroatoms. The Morgan fingerprint density at radius 1 is 1.38 bits per heavy atom. The first-order chi connectivity index (χ1) is 7.51. The van der Waals surface area contributed by atoms with E-state index in [1.165, 1.54) is 0 Å². The molecule has 1 saturated heterocycles. The normalized spacial score (nSPS) is 39.4. The molecular weight excluding hydrogens is 234 g/mol. The van der Waals surface area contributed by atoms with Crippen molar-refractivity contribution in [3.8, 4) is 0 Å². The van der Waals surface area contributed by atoms with Crippen LogP contribution in [0.2, 0.25) is 0 Å². The Labute approximate surface area is 99.1 Å². The number of thioether (sulfide) groups is 1. The van der Waals surface area contributed by atoms with Gasteiger partial charge >= 0.3 is 0 Å². The van der Waals surface area contributed by atoms with E-state index in [-0.39, 0.29) is 20.4 Å². The van der Waals surface area contributed by atoms with Gasteiger partial charge in [0.2, 0.25) is 5.91 Å². The lowest BCUT2D eigenvalue weighted by molar-refractivity contribution is -0.124. The van der Waals surface area contributed by atoms with Crippen LogP contribution in [0.5, 0.6) is 0 Å². The second-order valence-electron chi connectivity index (χ2n) is 3.68. The van der Waals surface area contributed by atoms with Crippen LogP contribution in [0.1, 0.15) is 14.8 Å². The Balaban J connectivity index is 0.00000256. The Kier molecular flexibility index (Phi) is 5.00. The summed E-state index contributed by atoms with van der Waals surface area (Å²) < 4.78 is 0. The van der Waals surface area contributed by atoms with E-state index < -0.39 is 28.9 Å². The Morgan fingerprint density at radius 3 is 2.50 bits per heavy atom. The number of hydrogen-bond acceptors (Lipinski definition) is 6. The van der Waals surface area contributed by atoms with Gasteiger partial charge in [-0.05, 0) is 0 Å². The molecule has 0 radical (unpaired) electrons. The van der Waals surface area contributed by atoms with Gasteiger partial charge in [0.25, 0.3) is 0 Å². The number of carbonyl (C=O) groups is 1. The van der Waals surface area contributed by atoms with E-state index in [4.69, 9.17) is 5.11 Å². The molecule has 6 nitrogen and oxygen atoms in total. The molecule has 1 aliphatic rings. The van der Waals surface area contributed by atoms with Crippen LogP contribution in [-0.2, 0) is 4.79 Å². The molecule has 1 amide bonds. The molecule has 0 aromatic rings. The maximum absolute atomic E-state index is 11.2. The molecule has 0 saturated carbocycles. The second kappa shape index (κ2) is 5.83. The molecule has 96 valence electrons. The van der Waals surface area contributed by atoms with Gasteiger partial charge in [-0.1, -0.05) is 6.92 Å². The van der Waals surface area contributed by atoms with E-state index in [2.05, 4.69) is 5.32 Å². The average Bonchev–Trinajstić information content (AvgIpc) is 2.28. The van der Waals surface area contributed by atoms with Gasteiger partial charge in [-0.3, -0.25) is 4.79 Å². The van der Waals surface area contributed by atoms with Crippen LogP contribution in [0, 0.1) is 0 Å². The predicted octanol–water partition coefficient (Wildman–Crippen LogP) is -1.72. The summed E-state index contributed by atoms with van der Waals surface area (Å²) in [6, 6.07) is -0.907. The minimum atomic E-state index is -1.27. The monoisotopic (exact) mass is 253 g/mol. The standard InChI is InChI=1S/C9H17NO5S.H2/c1-2-5(12)10-6-8(14)7(13)4(3-11)16-9(6)15;/h4,6-9,11,13-15H,2-3H2,1H3,(H,10,12);1H/t4?,6?,7-,8-,9+;/m1./s1. The molecule has 0 aromatic heterocycles. The molecule has 0 spiro atoms. The highest BCUT2D eigenvalue weighted by molar-refractivity contribution is 8.00. The van der Waals surface area contributed by atoms with E-state index >= 15 is 0 Å². The number of aliphatic hydroxyl groups excluding tert-OH is 4. The highest BCUT2D eigenvalue weighted by Crippen LogP contribution is 2.31. The lowest BCUT2D eigenvalue weighted by Crippen LogP contribution is -2.60. The highest BCUT2D eigenvalue weighted by Gasteiger charge is 2.43. The Hall–Kier alpha value is -0.340. The zero-order chi connectivity index (χ0) is 12.3. The van der Waals surface area contributed by atoms with E-state index in [0.717, 1.165) is 11.8 Å². The first kappa shape index (κ1) is 13.7. The molecule has 1 heterocycles. The van der Waals surface area contributed by atoms with Gasteiger partial charge in [0, 0.05) is 7.85 Å². The minimum Gasteiger partial charge on any atom is -0.395 e. The SMILES string of the molecule is CCC(=O)NC1[C@@H](O)[C@H](O)C(CO)S[C@@H]1O.[HH]. The number of nitrogens with one attached hydrogen (secondary N) is 1. The summed E-state index contributed by atoms with van der Waals surface area (Å²) in [6.45, 7) is 1.31. The third kappa shape index (κ3) is 2.86. The lowest BCUT2D eigenvalue weighted by atomic mass is 10.0. The van der Waals surface area contributed by atoms with Crippen LogP contribution in [0.4, 0.5) is 0 Å². The van der Waals surface area contributed by atoms with Crippen molar-refractivity contribution in [3.05, 3.63) is 0 Å². The number of aliphatic hydroxyl groups is 4. The quantitative estimate of drug-likeness (QED) is 0.409. The van der Waals surface area contributed by atoms with Crippen molar-refractivity contribution in [3.63, 3.8) is 0 Å². The second-order valence-corrected chi connectivity index (χ2v) is 5.04. The molecule has 0 aliphatic carbocycles. The van der Waals surface area contributed by atoms with Gasteiger partial charge in [0.05, 0.1) is 24.0 Å². The van der Waals surface area contributed by atoms with Gasteiger partial charge in [0.1, 0.15) is 11.5 Å². The van der Waals surface area contributed by atoms with Crippen LogP contribution >= 0.6 is 11.8 Å². The van der Waals surface area contributed by atoms with Gasteiger partial charge in [-0.15, -0.1) is 11.8 Å². The fourth-order valence-electron chi connectivity index (χ4n) is 1.54. The van der Waals surface area contributed by atoms with Crippen molar-refractivity contribution >= 4 is 17.7 Å². The van der Waals surface area contributed by atoms with Gasteiger partial charge in [-0.25, -0.2) is 0 Å². The Bertz CT molecular complexity index is 258. The van der Waals surface area contributed by atoms with E-state index in [0.29, 0.717) is 0 Å². The van der Waals surface area contributed by atoms with Gasteiger partial charge < -0.3 is 25.7 Å². The number of rotatable bonds is 3. The molecule has 2 unspecified atom stereocenters. The predicted molar refractivity (Wildman–Crippen MR) is 60.8 cm³/mol. The van der Waals surface area contributed by atoms with Crippen molar-refractivity contribution in [1.29, 1.82) is 0 Å². The largest absolute Gasteiger partial charge is 0.395 e. The number of amides is 1. The van der Waals surface area contributed by atoms with Crippen molar-refractivity contribution in [2.24, 2.45) is 0 Å². The molecule has 1 aliphatic heterocycles. The fourth-order valence-corrected chi connectivity index (χ4v) is 2.71. The third-order valence-corrected chi connectivity index (χ3v) is 3.90. The number of carbonyl (C=O) groups excluding carboxylic acids is 1. The van der Waals surface area contributed by atoms with E-state index in [1.54, 1.807) is 6.92 Å². The van der Waals surface area contributed by atoms with Crippen LogP contribution in [0.25, 0.3) is 0 Å². The highest BCUT2D eigenvalue weighted by atomic mass is 32.2. The van der Waals surface area contributed by atoms with Crippen LogP contribution in [0.15, 0.2) is 0 Å². The zero-order valence-corrected chi connectivity index (χ0v) is 9.72. The number of hydrogen-bond donors (Lipinski definition) is 5.